The largest absolute Gasteiger partial charge is 0.320 e. The number of carbonyl (C=O) groups is 3. The van der Waals surface area contributed by atoms with Gasteiger partial charge < -0.3 is 10.6 Å². The van der Waals surface area contributed by atoms with Crippen molar-refractivity contribution in [3.05, 3.63) is 77.9 Å². The van der Waals surface area contributed by atoms with E-state index < -0.39 is 12.2 Å². The Morgan fingerprint density at radius 3 is 2.22 bits per heavy atom. The summed E-state index contributed by atoms with van der Waals surface area (Å²) in [5, 5.41) is 5.74. The molecule has 2 N–H and O–H groups in total. The molecule has 5 atom stereocenters. The first kappa shape index (κ1) is 20.5. The van der Waals surface area contributed by atoms with E-state index in [1.54, 1.807) is 0 Å². The highest BCUT2D eigenvalue weighted by molar-refractivity contribution is 6.06. The number of nitrogens with zero attached hydrogens (tertiary/aromatic N) is 1. The van der Waals surface area contributed by atoms with Crippen LogP contribution in [0.15, 0.2) is 66.7 Å². The zero-order valence-electron chi connectivity index (χ0n) is 18.0. The van der Waals surface area contributed by atoms with Crippen molar-refractivity contribution < 1.29 is 14.4 Å². The van der Waals surface area contributed by atoms with Gasteiger partial charge in [0.15, 0.2) is 0 Å². The maximum atomic E-state index is 13.5. The van der Waals surface area contributed by atoms with Crippen LogP contribution in [0.2, 0.25) is 0 Å². The third kappa shape index (κ3) is 3.70. The lowest BCUT2D eigenvalue weighted by Gasteiger charge is -2.38. The fourth-order valence-corrected chi connectivity index (χ4v) is 5.49. The average molecular weight is 430 g/mol. The molecule has 2 aromatic rings. The van der Waals surface area contributed by atoms with Crippen LogP contribution in [0, 0.1) is 30.6 Å². The van der Waals surface area contributed by atoms with Gasteiger partial charge in [0, 0.05) is 12.1 Å². The monoisotopic (exact) mass is 429 g/mol. The second kappa shape index (κ2) is 8.26. The van der Waals surface area contributed by atoms with E-state index in [2.05, 4.69) is 22.8 Å². The number of fused-ring (bicyclic) bond motifs is 1. The highest BCUT2D eigenvalue weighted by Gasteiger charge is 2.58. The molecule has 2 bridgehead atoms. The summed E-state index contributed by atoms with van der Waals surface area (Å²) in [6, 6.07) is 16.7. The van der Waals surface area contributed by atoms with Gasteiger partial charge in [-0.3, -0.25) is 14.5 Å². The van der Waals surface area contributed by atoms with Gasteiger partial charge in [0.05, 0.1) is 11.8 Å². The molecule has 6 rings (SSSR count). The Labute approximate surface area is 187 Å². The number of likely N-dealkylation sites (tertiary alicyclic amines) is 1. The van der Waals surface area contributed by atoms with Gasteiger partial charge in [-0.1, -0.05) is 54.6 Å². The van der Waals surface area contributed by atoms with Gasteiger partial charge >= 0.3 is 6.03 Å². The third-order valence-corrected chi connectivity index (χ3v) is 6.95. The van der Waals surface area contributed by atoms with Crippen molar-refractivity contribution in [2.75, 3.05) is 5.32 Å². The molecule has 0 unspecified atom stereocenters. The predicted octanol–water partition coefficient (Wildman–Crippen LogP) is 3.88. The van der Waals surface area contributed by atoms with Crippen molar-refractivity contribution in [1.29, 1.82) is 0 Å². The number of carbonyl (C=O) groups excluding carboxylic acids is 3. The number of aryl methyl sites for hydroxylation is 1. The molecule has 1 saturated heterocycles. The molecule has 4 aliphatic rings. The Bertz CT molecular complexity index is 1050. The molecule has 2 fully saturated rings. The molecular weight excluding hydrogens is 402 g/mol. The van der Waals surface area contributed by atoms with Crippen LogP contribution >= 0.6 is 0 Å². The van der Waals surface area contributed by atoms with Crippen LogP contribution in [0.5, 0.6) is 0 Å². The van der Waals surface area contributed by atoms with E-state index in [4.69, 9.17) is 0 Å². The zero-order chi connectivity index (χ0) is 22.2. The molecule has 6 heteroatoms. The lowest BCUT2D eigenvalue weighted by Crippen LogP contribution is -2.53. The van der Waals surface area contributed by atoms with E-state index in [0.29, 0.717) is 12.1 Å². The highest BCUT2D eigenvalue weighted by Crippen LogP contribution is 2.50. The SMILES string of the molecule is Cc1cccc(NC(=O)N[C@H](Cc2ccccc2)N2C(=O)[C@@H]3[C@@H](C2=O)[C@H]2C=C[C@H]3CC2)c1. The van der Waals surface area contributed by atoms with Crippen LogP contribution in [0.25, 0.3) is 0 Å². The number of imide groups is 1. The molecule has 3 aliphatic carbocycles. The first-order chi connectivity index (χ1) is 15.5. The maximum Gasteiger partial charge on any atom is 0.320 e. The molecular formula is C26H27N3O3. The van der Waals surface area contributed by atoms with Crippen molar-refractivity contribution in [3.63, 3.8) is 0 Å². The Morgan fingerprint density at radius 1 is 0.969 bits per heavy atom. The van der Waals surface area contributed by atoms with E-state index in [1.807, 2.05) is 61.5 Å². The summed E-state index contributed by atoms with van der Waals surface area (Å²) in [7, 11) is 0. The number of urea groups is 1. The Morgan fingerprint density at radius 2 is 1.62 bits per heavy atom. The number of hydrogen-bond acceptors (Lipinski definition) is 3. The Kier molecular flexibility index (Phi) is 5.29. The van der Waals surface area contributed by atoms with E-state index in [-0.39, 0.29) is 35.5 Å². The molecule has 32 heavy (non-hydrogen) atoms. The zero-order valence-corrected chi connectivity index (χ0v) is 18.0. The minimum absolute atomic E-state index is 0.116. The van der Waals surface area contributed by atoms with Crippen LogP contribution in [0.4, 0.5) is 10.5 Å². The number of allylic oxidation sites excluding steroid dienone is 2. The minimum Gasteiger partial charge on any atom is -0.317 e. The summed E-state index contributed by atoms with van der Waals surface area (Å²) >= 11 is 0. The maximum absolute atomic E-state index is 13.5. The van der Waals surface area contributed by atoms with Crippen molar-refractivity contribution >= 4 is 23.5 Å². The van der Waals surface area contributed by atoms with E-state index in [0.717, 1.165) is 24.0 Å². The Balaban J connectivity index is 1.40. The third-order valence-electron chi connectivity index (χ3n) is 6.95. The van der Waals surface area contributed by atoms with Gasteiger partial charge in [-0.25, -0.2) is 4.79 Å². The van der Waals surface area contributed by atoms with Crippen molar-refractivity contribution in [1.82, 2.24) is 10.2 Å². The van der Waals surface area contributed by atoms with E-state index in [9.17, 15) is 14.4 Å². The van der Waals surface area contributed by atoms with Gasteiger partial charge in [0.2, 0.25) is 11.8 Å². The molecule has 164 valence electrons. The molecule has 0 aromatic heterocycles. The van der Waals surface area contributed by atoms with Gasteiger partial charge in [-0.15, -0.1) is 0 Å². The summed E-state index contributed by atoms with van der Waals surface area (Å²) in [6.45, 7) is 1.95. The summed E-state index contributed by atoms with van der Waals surface area (Å²) in [6.07, 6.45) is 5.72. The number of benzene rings is 2. The van der Waals surface area contributed by atoms with Gasteiger partial charge in [-0.2, -0.15) is 0 Å². The van der Waals surface area contributed by atoms with Crippen LogP contribution < -0.4 is 10.6 Å². The molecule has 6 nitrogen and oxygen atoms in total. The minimum atomic E-state index is -0.743. The summed E-state index contributed by atoms with van der Waals surface area (Å²) in [4.78, 5) is 41.1. The fraction of sp³-hybridized carbons (Fsp3) is 0.346. The van der Waals surface area contributed by atoms with Crippen LogP contribution in [0.3, 0.4) is 0 Å². The van der Waals surface area contributed by atoms with E-state index in [1.165, 1.54) is 4.90 Å². The number of rotatable bonds is 5. The molecule has 0 radical (unpaired) electrons. The first-order valence-corrected chi connectivity index (χ1v) is 11.2. The highest BCUT2D eigenvalue weighted by atomic mass is 16.2. The smallest absolute Gasteiger partial charge is 0.317 e. The average Bonchev–Trinajstić information content (AvgIpc) is 3.07. The van der Waals surface area contributed by atoms with Gasteiger partial charge in [0.25, 0.3) is 0 Å². The quantitative estimate of drug-likeness (QED) is 0.559. The lowest BCUT2D eigenvalue weighted by molar-refractivity contribution is -0.143. The van der Waals surface area contributed by atoms with Gasteiger partial charge in [-0.05, 0) is 54.9 Å². The lowest BCUT2D eigenvalue weighted by atomic mass is 9.63. The second-order valence-electron chi connectivity index (χ2n) is 9.06. The molecule has 1 aliphatic heterocycles. The standard InChI is InChI=1S/C26H27N3O3/c1-16-6-5-9-20(14-16)27-26(32)28-21(15-17-7-3-2-4-8-17)29-24(30)22-18-10-11-19(13-12-18)23(22)25(29)31/h2-11,14,18-19,21-23H,12-13,15H2,1H3,(H2,27,28,32)/t18-,19-,21-,22-,23-/m0/s1. The number of hydrogen-bond donors (Lipinski definition) is 2. The van der Waals surface area contributed by atoms with Crippen molar-refractivity contribution in [2.45, 2.75) is 32.4 Å². The molecule has 1 heterocycles. The summed E-state index contributed by atoms with van der Waals surface area (Å²) in [5.74, 6) is -0.682. The van der Waals surface area contributed by atoms with Crippen LogP contribution in [-0.2, 0) is 16.0 Å². The van der Waals surface area contributed by atoms with Crippen LogP contribution in [0.1, 0.15) is 24.0 Å². The summed E-state index contributed by atoms with van der Waals surface area (Å²) in [5.41, 5.74) is 2.64. The fourth-order valence-electron chi connectivity index (χ4n) is 5.49. The molecule has 0 spiro atoms. The van der Waals surface area contributed by atoms with Crippen molar-refractivity contribution in [3.8, 4) is 0 Å². The van der Waals surface area contributed by atoms with Crippen molar-refractivity contribution in [2.24, 2.45) is 23.7 Å². The Hall–Kier alpha value is -3.41. The first-order valence-electron chi connectivity index (χ1n) is 11.2. The van der Waals surface area contributed by atoms with Crippen LogP contribution in [-0.4, -0.2) is 28.9 Å². The van der Waals surface area contributed by atoms with E-state index >= 15 is 0 Å². The number of anilines is 1. The molecule has 1 saturated carbocycles. The number of amides is 4. The van der Waals surface area contributed by atoms with Gasteiger partial charge in [0.1, 0.15) is 6.17 Å². The molecule has 4 amide bonds. The normalized spacial score (nSPS) is 26.7. The second-order valence-corrected chi connectivity index (χ2v) is 9.06. The topological polar surface area (TPSA) is 78.5 Å². The predicted molar refractivity (Wildman–Crippen MR) is 121 cm³/mol. The molecule has 2 aromatic carbocycles. The summed E-state index contributed by atoms with van der Waals surface area (Å²) < 4.78 is 0. The number of nitrogens with one attached hydrogen (secondary N) is 2.